The number of benzene rings is 1. The number of carboxylic acid groups (broad SMARTS) is 1. The number of halogens is 1. The maximum atomic E-state index is 12.4. The molecule has 0 saturated carbocycles. The monoisotopic (exact) mass is 354 g/mol. The summed E-state index contributed by atoms with van der Waals surface area (Å²) in [4.78, 5) is 36.6. The van der Waals surface area contributed by atoms with E-state index in [1.54, 1.807) is 24.3 Å². The van der Waals surface area contributed by atoms with Crippen LogP contribution in [0.5, 0.6) is 0 Å². The summed E-state index contributed by atoms with van der Waals surface area (Å²) in [5.41, 5.74) is 0.710. The van der Waals surface area contributed by atoms with Crippen LogP contribution in [-0.2, 0) is 20.8 Å². The number of carbonyl (C=O) groups is 3. The Kier molecular flexibility index (Phi) is 5.80. The third-order valence-corrected chi connectivity index (χ3v) is 4.21. The number of hydrogen-bond donors (Lipinski definition) is 3. The van der Waals surface area contributed by atoms with Crippen LogP contribution in [0.15, 0.2) is 24.3 Å². The molecule has 130 valence electrons. The van der Waals surface area contributed by atoms with Gasteiger partial charge in [0.05, 0.1) is 6.10 Å². The van der Waals surface area contributed by atoms with Crippen LogP contribution in [0.2, 0.25) is 5.02 Å². The van der Waals surface area contributed by atoms with Crippen LogP contribution >= 0.6 is 11.6 Å². The number of amides is 2. The highest BCUT2D eigenvalue weighted by atomic mass is 35.5. The van der Waals surface area contributed by atoms with E-state index >= 15 is 0 Å². The SMILES string of the molecule is CC(=O)N1C[C@H](O)C[C@H]1C(=O)N[C@H](Cc1ccc(Cl)cc1)C(=O)O. The summed E-state index contributed by atoms with van der Waals surface area (Å²) in [6.07, 6.45) is -0.601. The quantitative estimate of drug-likeness (QED) is 0.711. The van der Waals surface area contributed by atoms with Crippen molar-refractivity contribution in [2.24, 2.45) is 0 Å². The maximum absolute atomic E-state index is 12.4. The van der Waals surface area contributed by atoms with E-state index in [-0.39, 0.29) is 25.3 Å². The van der Waals surface area contributed by atoms with Crippen LogP contribution in [0.1, 0.15) is 18.9 Å². The fraction of sp³-hybridized carbons (Fsp3) is 0.438. The molecule has 24 heavy (non-hydrogen) atoms. The summed E-state index contributed by atoms with van der Waals surface area (Å²) < 4.78 is 0. The third-order valence-electron chi connectivity index (χ3n) is 3.95. The zero-order chi connectivity index (χ0) is 17.9. The van der Waals surface area contributed by atoms with Gasteiger partial charge in [-0.1, -0.05) is 23.7 Å². The number of carbonyl (C=O) groups excluding carboxylic acids is 2. The number of carboxylic acids is 1. The molecule has 2 rings (SSSR count). The molecular formula is C16H19ClN2O5. The zero-order valence-corrected chi connectivity index (χ0v) is 13.9. The fourth-order valence-corrected chi connectivity index (χ4v) is 2.86. The lowest BCUT2D eigenvalue weighted by atomic mass is 10.1. The highest BCUT2D eigenvalue weighted by molar-refractivity contribution is 6.30. The summed E-state index contributed by atoms with van der Waals surface area (Å²) in [6, 6.07) is 4.66. The number of β-amino-alcohol motifs (C(OH)–C–C–N with tert-alkyl or cyclic N) is 1. The molecule has 2 amide bonds. The maximum Gasteiger partial charge on any atom is 0.326 e. The number of aliphatic carboxylic acids is 1. The molecule has 8 heteroatoms. The van der Waals surface area contributed by atoms with Crippen LogP contribution in [0.4, 0.5) is 0 Å². The van der Waals surface area contributed by atoms with Gasteiger partial charge in [0.2, 0.25) is 11.8 Å². The first-order valence-electron chi connectivity index (χ1n) is 7.51. The second-order valence-corrected chi connectivity index (χ2v) is 6.24. The van der Waals surface area contributed by atoms with E-state index in [1.807, 2.05) is 0 Å². The van der Waals surface area contributed by atoms with Gasteiger partial charge < -0.3 is 20.4 Å². The molecule has 1 aliphatic heterocycles. The van der Waals surface area contributed by atoms with Crippen molar-refractivity contribution in [3.05, 3.63) is 34.9 Å². The molecule has 1 aromatic rings. The molecule has 0 spiro atoms. The van der Waals surface area contributed by atoms with E-state index in [1.165, 1.54) is 11.8 Å². The molecule has 3 atom stereocenters. The van der Waals surface area contributed by atoms with E-state index in [9.17, 15) is 24.6 Å². The Morgan fingerprint density at radius 1 is 1.33 bits per heavy atom. The number of likely N-dealkylation sites (tertiary alicyclic amines) is 1. The van der Waals surface area contributed by atoms with E-state index in [4.69, 9.17) is 11.6 Å². The summed E-state index contributed by atoms with van der Waals surface area (Å²) in [5, 5.41) is 22.0. The van der Waals surface area contributed by atoms with Gasteiger partial charge in [0.15, 0.2) is 0 Å². The van der Waals surface area contributed by atoms with Gasteiger partial charge in [0.25, 0.3) is 0 Å². The number of aliphatic hydroxyl groups excluding tert-OH is 1. The second kappa shape index (κ2) is 7.63. The van der Waals surface area contributed by atoms with Crippen molar-refractivity contribution in [2.45, 2.75) is 38.0 Å². The summed E-state index contributed by atoms with van der Waals surface area (Å²) in [5.74, 6) is -2.09. The smallest absolute Gasteiger partial charge is 0.326 e. The molecule has 1 aliphatic rings. The first kappa shape index (κ1) is 18.2. The van der Waals surface area contributed by atoms with Crippen LogP contribution in [0, 0.1) is 0 Å². The average molecular weight is 355 g/mol. The van der Waals surface area contributed by atoms with Gasteiger partial charge in [0.1, 0.15) is 12.1 Å². The van der Waals surface area contributed by atoms with Crippen molar-refractivity contribution in [2.75, 3.05) is 6.54 Å². The van der Waals surface area contributed by atoms with Crippen molar-refractivity contribution in [1.82, 2.24) is 10.2 Å². The largest absolute Gasteiger partial charge is 0.480 e. The molecule has 1 heterocycles. The molecule has 1 fully saturated rings. The normalized spacial score (nSPS) is 21.4. The summed E-state index contributed by atoms with van der Waals surface area (Å²) in [6.45, 7) is 1.38. The first-order valence-corrected chi connectivity index (χ1v) is 7.88. The van der Waals surface area contributed by atoms with Gasteiger partial charge in [-0.25, -0.2) is 4.79 Å². The number of rotatable bonds is 5. The Labute approximate surface area is 144 Å². The lowest BCUT2D eigenvalue weighted by Crippen LogP contribution is -2.51. The van der Waals surface area contributed by atoms with Crippen LogP contribution in [0.25, 0.3) is 0 Å². The molecule has 1 aromatic carbocycles. The van der Waals surface area contributed by atoms with Gasteiger partial charge in [-0.15, -0.1) is 0 Å². The molecule has 0 aliphatic carbocycles. The molecule has 0 bridgehead atoms. The highest BCUT2D eigenvalue weighted by Gasteiger charge is 2.38. The number of hydrogen-bond acceptors (Lipinski definition) is 4. The van der Waals surface area contributed by atoms with Crippen LogP contribution in [0.3, 0.4) is 0 Å². The van der Waals surface area contributed by atoms with Crippen molar-refractivity contribution >= 4 is 29.4 Å². The Morgan fingerprint density at radius 3 is 2.50 bits per heavy atom. The molecule has 7 nitrogen and oxygen atoms in total. The van der Waals surface area contributed by atoms with Crippen molar-refractivity contribution in [1.29, 1.82) is 0 Å². The van der Waals surface area contributed by atoms with Gasteiger partial charge in [-0.3, -0.25) is 9.59 Å². The molecule has 1 saturated heterocycles. The van der Waals surface area contributed by atoms with Gasteiger partial charge >= 0.3 is 5.97 Å². The standard InChI is InChI=1S/C16H19ClN2O5/c1-9(20)19-8-12(21)7-14(19)15(22)18-13(16(23)24)6-10-2-4-11(17)5-3-10/h2-5,12-14,21H,6-8H2,1H3,(H,18,22)(H,23,24)/t12-,13-,14+/m1/s1. The van der Waals surface area contributed by atoms with E-state index in [2.05, 4.69) is 5.32 Å². The molecule has 0 radical (unpaired) electrons. The summed E-state index contributed by atoms with van der Waals surface area (Å²) >= 11 is 5.79. The topological polar surface area (TPSA) is 107 Å². The molecule has 0 unspecified atom stereocenters. The Hall–Kier alpha value is -2.12. The van der Waals surface area contributed by atoms with E-state index in [0.29, 0.717) is 10.6 Å². The number of aliphatic hydroxyl groups is 1. The van der Waals surface area contributed by atoms with E-state index in [0.717, 1.165) is 0 Å². The fourth-order valence-electron chi connectivity index (χ4n) is 2.73. The average Bonchev–Trinajstić information content (AvgIpc) is 2.91. The van der Waals surface area contributed by atoms with E-state index < -0.39 is 30.1 Å². The lowest BCUT2D eigenvalue weighted by Gasteiger charge is -2.24. The third kappa shape index (κ3) is 4.46. The zero-order valence-electron chi connectivity index (χ0n) is 13.1. The number of nitrogens with zero attached hydrogens (tertiary/aromatic N) is 1. The number of nitrogens with one attached hydrogen (secondary N) is 1. The van der Waals surface area contributed by atoms with Crippen molar-refractivity contribution in [3.63, 3.8) is 0 Å². The minimum atomic E-state index is -1.17. The van der Waals surface area contributed by atoms with Crippen molar-refractivity contribution < 1.29 is 24.6 Å². The predicted octanol–water partition coefficient (Wildman–Crippen LogP) is 0.434. The minimum Gasteiger partial charge on any atom is -0.480 e. The second-order valence-electron chi connectivity index (χ2n) is 5.81. The Balaban J connectivity index is 2.06. The molecule has 3 N–H and O–H groups in total. The van der Waals surface area contributed by atoms with Crippen molar-refractivity contribution in [3.8, 4) is 0 Å². The Bertz CT molecular complexity index is 634. The highest BCUT2D eigenvalue weighted by Crippen LogP contribution is 2.19. The lowest BCUT2D eigenvalue weighted by molar-refractivity contribution is -0.143. The first-order chi connectivity index (χ1) is 11.3. The molecule has 0 aromatic heterocycles. The summed E-state index contributed by atoms with van der Waals surface area (Å²) in [7, 11) is 0. The van der Waals surface area contributed by atoms with Gasteiger partial charge in [-0.2, -0.15) is 0 Å². The van der Waals surface area contributed by atoms with Crippen LogP contribution in [-0.4, -0.2) is 57.6 Å². The minimum absolute atomic E-state index is 0.0718. The van der Waals surface area contributed by atoms with Crippen LogP contribution < -0.4 is 5.32 Å². The molecular weight excluding hydrogens is 336 g/mol. The van der Waals surface area contributed by atoms with Gasteiger partial charge in [-0.05, 0) is 17.7 Å². The van der Waals surface area contributed by atoms with Gasteiger partial charge in [0, 0.05) is 31.3 Å². The Morgan fingerprint density at radius 2 is 1.96 bits per heavy atom. The predicted molar refractivity (Wildman–Crippen MR) is 86.5 cm³/mol.